The third kappa shape index (κ3) is 4.08. The molecule has 4 rings (SSSR count). The maximum atomic E-state index is 12.7. The van der Waals surface area contributed by atoms with Crippen molar-refractivity contribution in [3.63, 3.8) is 0 Å². The van der Waals surface area contributed by atoms with Crippen LogP contribution in [0, 0.1) is 5.92 Å². The number of carbonyl (C=O) groups excluding carboxylic acids is 1. The largest absolute Gasteiger partial charge is 0.379 e. The quantitative estimate of drug-likeness (QED) is 0.824. The Kier molecular flexibility index (Phi) is 5.52. The number of hydrogen-bond acceptors (Lipinski definition) is 4. The lowest BCUT2D eigenvalue weighted by Crippen LogP contribution is -2.45. The predicted octanol–water partition coefficient (Wildman–Crippen LogP) is 3.83. The SMILES string of the molecule is O=C(Nc1cc2cc(Br)ccc2cn1)C1CCC(N2CCOCC2)CC1. The van der Waals surface area contributed by atoms with Gasteiger partial charge in [-0.15, -0.1) is 0 Å². The molecule has 1 saturated carbocycles. The number of benzene rings is 1. The molecule has 2 heterocycles. The van der Waals surface area contributed by atoms with Crippen molar-refractivity contribution in [3.05, 3.63) is 34.9 Å². The van der Waals surface area contributed by atoms with Crippen LogP contribution in [0.25, 0.3) is 10.8 Å². The van der Waals surface area contributed by atoms with Gasteiger partial charge in [0.25, 0.3) is 0 Å². The van der Waals surface area contributed by atoms with Crippen molar-refractivity contribution >= 4 is 38.4 Å². The van der Waals surface area contributed by atoms with E-state index < -0.39 is 0 Å². The summed E-state index contributed by atoms with van der Waals surface area (Å²) in [6, 6.07) is 8.61. The molecule has 1 saturated heterocycles. The molecule has 1 aliphatic heterocycles. The van der Waals surface area contributed by atoms with Crippen LogP contribution in [0.15, 0.2) is 34.9 Å². The van der Waals surface area contributed by atoms with E-state index in [-0.39, 0.29) is 11.8 Å². The van der Waals surface area contributed by atoms with Gasteiger partial charge in [-0.25, -0.2) is 4.98 Å². The van der Waals surface area contributed by atoms with Gasteiger partial charge < -0.3 is 10.1 Å². The zero-order chi connectivity index (χ0) is 17.9. The molecule has 1 aromatic heterocycles. The third-order valence-electron chi connectivity index (χ3n) is 5.56. The lowest BCUT2D eigenvalue weighted by atomic mass is 9.84. The third-order valence-corrected chi connectivity index (χ3v) is 6.06. The van der Waals surface area contributed by atoms with E-state index in [1.54, 1.807) is 0 Å². The van der Waals surface area contributed by atoms with Gasteiger partial charge >= 0.3 is 0 Å². The molecule has 0 atom stereocenters. The highest BCUT2D eigenvalue weighted by Crippen LogP contribution is 2.29. The van der Waals surface area contributed by atoms with Crippen LogP contribution in [-0.2, 0) is 9.53 Å². The Morgan fingerprint density at radius 2 is 1.88 bits per heavy atom. The van der Waals surface area contributed by atoms with Crippen LogP contribution >= 0.6 is 15.9 Å². The van der Waals surface area contributed by atoms with Crippen molar-refractivity contribution in [3.8, 4) is 0 Å². The van der Waals surface area contributed by atoms with Gasteiger partial charge in [-0.3, -0.25) is 9.69 Å². The molecule has 1 N–H and O–H groups in total. The molecule has 138 valence electrons. The second-order valence-electron chi connectivity index (χ2n) is 7.20. The summed E-state index contributed by atoms with van der Waals surface area (Å²) in [4.78, 5) is 19.6. The highest BCUT2D eigenvalue weighted by molar-refractivity contribution is 9.10. The topological polar surface area (TPSA) is 54.5 Å². The Hall–Kier alpha value is -1.50. The first-order valence-electron chi connectivity index (χ1n) is 9.37. The molecule has 2 fully saturated rings. The number of ether oxygens (including phenoxy) is 1. The number of morpholine rings is 1. The zero-order valence-corrected chi connectivity index (χ0v) is 16.4. The first kappa shape index (κ1) is 17.9. The average Bonchev–Trinajstić information content (AvgIpc) is 2.68. The number of hydrogen-bond donors (Lipinski definition) is 1. The number of amides is 1. The Balaban J connectivity index is 1.35. The van der Waals surface area contributed by atoms with Gasteiger partial charge in [0.1, 0.15) is 5.82 Å². The lowest BCUT2D eigenvalue weighted by Gasteiger charge is -2.38. The van der Waals surface area contributed by atoms with E-state index in [1.807, 2.05) is 30.5 Å². The van der Waals surface area contributed by atoms with Crippen LogP contribution in [0.2, 0.25) is 0 Å². The number of pyridine rings is 1. The van der Waals surface area contributed by atoms with Crippen molar-refractivity contribution in [2.45, 2.75) is 31.7 Å². The van der Waals surface area contributed by atoms with Gasteiger partial charge in [0.2, 0.25) is 5.91 Å². The number of rotatable bonds is 3. The van der Waals surface area contributed by atoms with Gasteiger partial charge in [-0.05, 0) is 49.3 Å². The molecule has 1 amide bonds. The summed E-state index contributed by atoms with van der Waals surface area (Å²) in [5, 5.41) is 5.16. The number of halogens is 1. The molecule has 1 aliphatic carbocycles. The number of nitrogens with one attached hydrogen (secondary N) is 1. The molecule has 0 unspecified atom stereocenters. The monoisotopic (exact) mass is 417 g/mol. The summed E-state index contributed by atoms with van der Waals surface area (Å²) in [5.74, 6) is 0.829. The van der Waals surface area contributed by atoms with E-state index in [1.165, 1.54) is 0 Å². The molecule has 0 bridgehead atoms. The molecule has 6 heteroatoms. The number of anilines is 1. The summed E-state index contributed by atoms with van der Waals surface area (Å²) in [6.45, 7) is 3.73. The van der Waals surface area contributed by atoms with Gasteiger partial charge in [0.15, 0.2) is 0 Å². The first-order chi connectivity index (χ1) is 12.7. The van der Waals surface area contributed by atoms with E-state index >= 15 is 0 Å². The second kappa shape index (κ2) is 8.03. The molecule has 5 nitrogen and oxygen atoms in total. The fourth-order valence-corrected chi connectivity index (χ4v) is 4.43. The maximum Gasteiger partial charge on any atom is 0.228 e. The highest BCUT2D eigenvalue weighted by Gasteiger charge is 2.30. The van der Waals surface area contributed by atoms with E-state index in [0.29, 0.717) is 11.9 Å². The molecular formula is C20H24BrN3O2. The van der Waals surface area contributed by atoms with Crippen LogP contribution in [0.4, 0.5) is 5.82 Å². The molecule has 1 aromatic carbocycles. The van der Waals surface area contributed by atoms with E-state index in [0.717, 1.165) is 67.2 Å². The highest BCUT2D eigenvalue weighted by atomic mass is 79.9. The molecule has 2 aliphatic rings. The normalized spacial score (nSPS) is 24.5. The minimum atomic E-state index is 0.0901. The fourth-order valence-electron chi connectivity index (χ4n) is 4.05. The smallest absolute Gasteiger partial charge is 0.228 e. The summed E-state index contributed by atoms with van der Waals surface area (Å²) in [5.41, 5.74) is 0. The van der Waals surface area contributed by atoms with Crippen molar-refractivity contribution < 1.29 is 9.53 Å². The zero-order valence-electron chi connectivity index (χ0n) is 14.8. The molecule has 26 heavy (non-hydrogen) atoms. The van der Waals surface area contributed by atoms with E-state index in [4.69, 9.17) is 4.74 Å². The van der Waals surface area contributed by atoms with Crippen molar-refractivity contribution in [1.82, 2.24) is 9.88 Å². The molecular weight excluding hydrogens is 394 g/mol. The van der Waals surface area contributed by atoms with Crippen LogP contribution in [0.1, 0.15) is 25.7 Å². The van der Waals surface area contributed by atoms with Crippen LogP contribution < -0.4 is 5.32 Å². The molecule has 0 spiro atoms. The number of aromatic nitrogens is 1. The van der Waals surface area contributed by atoms with Gasteiger partial charge in [0.05, 0.1) is 13.2 Å². The van der Waals surface area contributed by atoms with Crippen LogP contribution in [-0.4, -0.2) is 48.1 Å². The van der Waals surface area contributed by atoms with Crippen LogP contribution in [0.5, 0.6) is 0 Å². The molecule has 2 aromatic rings. The van der Waals surface area contributed by atoms with Gasteiger partial charge in [0, 0.05) is 41.1 Å². The summed E-state index contributed by atoms with van der Waals surface area (Å²) < 4.78 is 6.46. The minimum absolute atomic E-state index is 0.0901. The first-order valence-corrected chi connectivity index (χ1v) is 10.2. The minimum Gasteiger partial charge on any atom is -0.379 e. The maximum absolute atomic E-state index is 12.7. The standard InChI is InChI=1S/C20H24BrN3O2/c21-17-4-1-15-13-22-19(12-16(15)11-17)23-20(25)14-2-5-18(6-3-14)24-7-9-26-10-8-24/h1,4,11-14,18H,2-3,5-10H2,(H,22,23,25). The molecule has 0 radical (unpaired) electrons. The lowest BCUT2D eigenvalue weighted by molar-refractivity contribution is -0.121. The van der Waals surface area contributed by atoms with Crippen molar-refractivity contribution in [2.75, 3.05) is 31.6 Å². The summed E-state index contributed by atoms with van der Waals surface area (Å²) >= 11 is 3.49. The van der Waals surface area contributed by atoms with Gasteiger partial charge in [-0.1, -0.05) is 22.0 Å². The Morgan fingerprint density at radius 1 is 1.12 bits per heavy atom. The number of carbonyl (C=O) groups is 1. The predicted molar refractivity (Wildman–Crippen MR) is 106 cm³/mol. The number of fused-ring (bicyclic) bond motifs is 1. The van der Waals surface area contributed by atoms with Crippen molar-refractivity contribution in [2.24, 2.45) is 5.92 Å². The van der Waals surface area contributed by atoms with E-state index in [9.17, 15) is 4.79 Å². The van der Waals surface area contributed by atoms with Crippen LogP contribution in [0.3, 0.4) is 0 Å². The van der Waals surface area contributed by atoms with Gasteiger partial charge in [-0.2, -0.15) is 0 Å². The Bertz CT molecular complexity index is 784. The Labute approximate surface area is 162 Å². The number of nitrogens with zero attached hydrogens (tertiary/aromatic N) is 2. The summed E-state index contributed by atoms with van der Waals surface area (Å²) in [7, 11) is 0. The summed E-state index contributed by atoms with van der Waals surface area (Å²) in [6.07, 6.45) is 5.90. The van der Waals surface area contributed by atoms with Crippen molar-refractivity contribution in [1.29, 1.82) is 0 Å². The average molecular weight is 418 g/mol. The Morgan fingerprint density at radius 3 is 2.65 bits per heavy atom. The fraction of sp³-hybridized carbons (Fsp3) is 0.500. The van der Waals surface area contributed by atoms with E-state index in [2.05, 4.69) is 31.1 Å². The second-order valence-corrected chi connectivity index (χ2v) is 8.12.